The van der Waals surface area contributed by atoms with Crippen LogP contribution in [0.15, 0.2) is 176 Å². The number of likely N-dealkylation sites (tertiary alicyclic amines) is 1. The van der Waals surface area contributed by atoms with Gasteiger partial charge in [-0.25, -0.2) is 0 Å². The fourth-order valence-corrected chi connectivity index (χ4v) is 10.6. The van der Waals surface area contributed by atoms with Gasteiger partial charge >= 0.3 is 6.18 Å². The molecule has 8 rings (SSSR count). The highest BCUT2D eigenvalue weighted by atomic mass is 79.9. The van der Waals surface area contributed by atoms with Gasteiger partial charge in [0.05, 0.1) is 19.6 Å². The van der Waals surface area contributed by atoms with Crippen molar-refractivity contribution in [2.45, 2.75) is 95.1 Å². The number of quaternary nitrogens is 1. The third-order valence-corrected chi connectivity index (χ3v) is 15.0. The fraction of sp³-hybridized carbons (Fsp3) is 0.311. The number of hydrogen-bond acceptors (Lipinski definition) is 0. The summed E-state index contributed by atoms with van der Waals surface area (Å²) in [6.45, 7) is 8.30. The van der Waals surface area contributed by atoms with E-state index in [1.807, 2.05) is 36.4 Å². The molecule has 1 fully saturated rings. The minimum Gasteiger partial charge on any atom is -0.335 e. The zero-order valence-corrected chi connectivity index (χ0v) is 40.2. The van der Waals surface area contributed by atoms with Crippen LogP contribution in [0.3, 0.4) is 0 Å². The zero-order valence-electron chi connectivity index (χ0n) is 38.7. The summed E-state index contributed by atoms with van der Waals surface area (Å²) in [5.41, 5.74) is 9.12. The molecule has 7 aromatic rings. The predicted molar refractivity (Wildman–Crippen MR) is 275 cm³/mol. The third-order valence-electron chi connectivity index (χ3n) is 14.5. The van der Waals surface area contributed by atoms with Crippen molar-refractivity contribution in [1.29, 1.82) is 0 Å². The van der Waals surface area contributed by atoms with E-state index in [9.17, 15) is 0 Å². The minimum atomic E-state index is -4.63. The number of rotatable bonds is 18. The van der Waals surface area contributed by atoms with Crippen LogP contribution < -0.4 is 4.90 Å². The molecule has 0 aromatic heterocycles. The molecule has 1 unspecified atom stereocenters. The largest absolute Gasteiger partial charge is 0.406 e. The van der Waals surface area contributed by atoms with Crippen LogP contribution in [0.2, 0.25) is 0 Å². The Hall–Kier alpha value is -5.23. The van der Waals surface area contributed by atoms with Crippen molar-refractivity contribution >= 4 is 15.9 Å². The van der Waals surface area contributed by atoms with E-state index in [1.165, 1.54) is 101 Å². The highest BCUT2D eigenvalue weighted by Crippen LogP contribution is 2.51. The van der Waals surface area contributed by atoms with Crippen molar-refractivity contribution in [3.63, 3.8) is 0 Å². The second-order valence-corrected chi connectivity index (χ2v) is 19.7. The second-order valence-electron chi connectivity index (χ2n) is 18.9. The Morgan fingerprint density at radius 1 is 0.439 bits per heavy atom. The third kappa shape index (κ3) is 10.8. The first-order valence-corrected chi connectivity index (χ1v) is 25.3. The topological polar surface area (TPSA) is 4.44 Å². The summed E-state index contributed by atoms with van der Waals surface area (Å²) in [5, 5.41) is 1.13. The monoisotopic (exact) mass is 946 g/mol. The summed E-state index contributed by atoms with van der Waals surface area (Å²) >= 11 is 3.53. The Balaban J connectivity index is 0.936. The number of piperidine rings is 1. The molecule has 0 amide bonds. The van der Waals surface area contributed by atoms with Gasteiger partial charge in [-0.3, -0.25) is 0 Å². The van der Waals surface area contributed by atoms with Gasteiger partial charge in [0, 0.05) is 23.6 Å². The standard InChI is InChI=1S/C61H63BrF3N/c1-46-16-18-47(19-17-46)48-20-22-50(23-21-48)53-30-36-57(37-31-53)60(61(63,64)65,56-14-10-9-11-15-56)58-38-32-54(33-39-58)51-26-24-49(25-27-51)52-28-34-55(35-29-52)59(2)40-44-66(45-41-59)43-13-8-6-4-3-5-7-12-42-62/h9-11,14-39H,3-8,12-13,40-45H2,1-2H3/p+1. The second kappa shape index (κ2) is 21.6. The molecule has 1 heterocycles. The Kier molecular flexibility index (Phi) is 15.5. The lowest BCUT2D eigenvalue weighted by Crippen LogP contribution is -3.13. The Morgan fingerprint density at radius 2 is 0.773 bits per heavy atom. The molecule has 1 aliphatic heterocycles. The molecule has 0 spiro atoms. The maximum atomic E-state index is 16.0. The lowest BCUT2D eigenvalue weighted by atomic mass is 9.68. The summed E-state index contributed by atoms with van der Waals surface area (Å²) < 4.78 is 48.0. The molecule has 1 N–H and O–H groups in total. The van der Waals surface area contributed by atoms with Crippen LogP contribution in [0.5, 0.6) is 0 Å². The maximum absolute atomic E-state index is 16.0. The Bertz CT molecular complexity index is 2560. The Labute approximate surface area is 400 Å². The van der Waals surface area contributed by atoms with Crippen LogP contribution in [0.1, 0.15) is 98.9 Å². The normalized spacial score (nSPS) is 17.3. The minimum absolute atomic E-state index is 0.174. The average molecular weight is 948 g/mol. The van der Waals surface area contributed by atoms with Gasteiger partial charge in [-0.15, -0.1) is 0 Å². The summed E-state index contributed by atoms with van der Waals surface area (Å²) in [4.78, 5) is 1.77. The van der Waals surface area contributed by atoms with Crippen molar-refractivity contribution in [3.05, 3.63) is 204 Å². The van der Waals surface area contributed by atoms with Gasteiger partial charge < -0.3 is 4.90 Å². The van der Waals surface area contributed by atoms with E-state index >= 15 is 13.2 Å². The van der Waals surface area contributed by atoms with Crippen LogP contribution in [-0.2, 0) is 10.8 Å². The van der Waals surface area contributed by atoms with Crippen LogP contribution in [-0.4, -0.2) is 31.1 Å². The molecule has 0 saturated carbocycles. The van der Waals surface area contributed by atoms with Crippen molar-refractivity contribution in [2.75, 3.05) is 25.0 Å². The number of aryl methyl sites for hydroxylation is 1. The molecule has 0 bridgehead atoms. The molecule has 66 heavy (non-hydrogen) atoms. The van der Waals surface area contributed by atoms with E-state index in [-0.39, 0.29) is 22.1 Å². The molecule has 1 atom stereocenters. The van der Waals surface area contributed by atoms with Crippen LogP contribution in [0.25, 0.3) is 44.5 Å². The van der Waals surface area contributed by atoms with Crippen molar-refractivity contribution in [2.24, 2.45) is 0 Å². The molecule has 1 aliphatic rings. The summed E-state index contributed by atoms with van der Waals surface area (Å²) in [6.07, 6.45) is 8.72. The maximum Gasteiger partial charge on any atom is 0.406 e. The summed E-state index contributed by atoms with van der Waals surface area (Å²) in [7, 11) is 0. The van der Waals surface area contributed by atoms with E-state index < -0.39 is 11.6 Å². The average Bonchev–Trinajstić information content (AvgIpc) is 3.35. The highest BCUT2D eigenvalue weighted by molar-refractivity contribution is 9.09. The van der Waals surface area contributed by atoms with E-state index in [0.29, 0.717) is 0 Å². The number of benzene rings is 7. The van der Waals surface area contributed by atoms with Gasteiger partial charge in [0.15, 0.2) is 0 Å². The van der Waals surface area contributed by atoms with Gasteiger partial charge in [0.1, 0.15) is 5.41 Å². The highest BCUT2D eigenvalue weighted by Gasteiger charge is 2.58. The Morgan fingerprint density at radius 3 is 1.17 bits per heavy atom. The lowest BCUT2D eigenvalue weighted by molar-refractivity contribution is -0.906. The first-order valence-electron chi connectivity index (χ1n) is 24.2. The van der Waals surface area contributed by atoms with Gasteiger partial charge in [0.25, 0.3) is 0 Å². The van der Waals surface area contributed by atoms with Crippen molar-refractivity contribution < 1.29 is 18.1 Å². The summed E-state index contributed by atoms with van der Waals surface area (Å²) in [5.74, 6) is 0. The number of hydrogen-bond donors (Lipinski definition) is 1. The summed E-state index contributed by atoms with van der Waals surface area (Å²) in [6, 6.07) is 56.3. The molecular weight excluding hydrogens is 884 g/mol. The molecule has 340 valence electrons. The molecule has 5 heteroatoms. The van der Waals surface area contributed by atoms with Gasteiger partial charge in [0.2, 0.25) is 0 Å². The number of nitrogens with one attached hydrogen (secondary N) is 1. The van der Waals surface area contributed by atoms with Crippen molar-refractivity contribution in [3.8, 4) is 44.5 Å². The molecule has 0 aliphatic carbocycles. The lowest BCUT2D eigenvalue weighted by Gasteiger charge is -2.37. The zero-order chi connectivity index (χ0) is 46.0. The smallest absolute Gasteiger partial charge is 0.335 e. The molecular formula is C61H64BrF3N+. The van der Waals surface area contributed by atoms with E-state index in [0.717, 1.165) is 44.3 Å². The molecule has 0 radical (unpaired) electrons. The number of alkyl halides is 4. The SMILES string of the molecule is Cc1ccc(-c2ccc(-c3ccc(C(c4ccccc4)(c4ccc(-c5ccc(-c6ccc(C7(C)CC[NH+](CCCCCCCCCCBr)CC7)cc6)cc5)cc4)C(F)(F)F)cc3)cc2)cc1. The quantitative estimate of drug-likeness (QED) is 0.0497. The van der Waals surface area contributed by atoms with Crippen LogP contribution in [0, 0.1) is 6.92 Å². The molecule has 1 saturated heterocycles. The van der Waals surface area contributed by atoms with E-state index in [2.05, 4.69) is 115 Å². The first-order chi connectivity index (χ1) is 32.1. The van der Waals surface area contributed by atoms with E-state index in [4.69, 9.17) is 0 Å². The van der Waals surface area contributed by atoms with Gasteiger partial charge in [-0.2, -0.15) is 13.2 Å². The van der Waals surface area contributed by atoms with Gasteiger partial charge in [-0.05, 0) is 92.9 Å². The number of halogens is 4. The van der Waals surface area contributed by atoms with Crippen molar-refractivity contribution in [1.82, 2.24) is 0 Å². The predicted octanol–water partition coefficient (Wildman–Crippen LogP) is 16.0. The van der Waals surface area contributed by atoms with E-state index in [1.54, 1.807) is 59.5 Å². The molecule has 7 aromatic carbocycles. The number of unbranched alkanes of at least 4 members (excludes halogenated alkanes) is 7. The molecule has 1 nitrogen and oxygen atoms in total. The van der Waals surface area contributed by atoms with Crippen LogP contribution in [0.4, 0.5) is 13.2 Å². The van der Waals surface area contributed by atoms with Gasteiger partial charge in [-0.1, -0.05) is 236 Å². The first kappa shape index (κ1) is 47.3. The van der Waals surface area contributed by atoms with Crippen LogP contribution >= 0.6 is 15.9 Å². The fourth-order valence-electron chi connectivity index (χ4n) is 10.2.